The van der Waals surface area contributed by atoms with E-state index in [0.29, 0.717) is 29.1 Å². The molecule has 1 heterocycles. The van der Waals surface area contributed by atoms with Crippen LogP contribution >= 0.6 is 0 Å². The number of fused-ring (bicyclic) bond motifs is 1. The minimum Gasteiger partial charge on any atom is -0.507 e. The first kappa shape index (κ1) is 22.7. The van der Waals surface area contributed by atoms with E-state index in [1.165, 1.54) is 6.08 Å². The molecule has 0 bridgehead atoms. The van der Waals surface area contributed by atoms with Crippen molar-refractivity contribution in [2.75, 3.05) is 20.3 Å². The van der Waals surface area contributed by atoms with Crippen molar-refractivity contribution in [2.24, 2.45) is 5.92 Å². The van der Waals surface area contributed by atoms with Crippen molar-refractivity contribution in [3.8, 4) is 11.5 Å². The standard InChI is InChI=1S/C24H30O7/c1-7-29-22(26)18-13(3)9-16(25)20(23(27)30-8-2)19(18)14-10-15-12-24(4,5)31-21(15)17(11-14)28-6/h9-11,18-19,25H,7-8,12H2,1-6H3. The second kappa shape index (κ2) is 8.65. The summed E-state index contributed by atoms with van der Waals surface area (Å²) in [6, 6.07) is 3.66. The van der Waals surface area contributed by atoms with Gasteiger partial charge in [0.05, 0.1) is 31.8 Å². The third-order valence-electron chi connectivity index (χ3n) is 5.54. The van der Waals surface area contributed by atoms with E-state index in [1.54, 1.807) is 33.9 Å². The van der Waals surface area contributed by atoms with Crippen LogP contribution < -0.4 is 9.47 Å². The molecule has 0 saturated carbocycles. The van der Waals surface area contributed by atoms with Gasteiger partial charge in [-0.15, -0.1) is 0 Å². The van der Waals surface area contributed by atoms with Crippen LogP contribution in [0, 0.1) is 5.92 Å². The molecular formula is C24H30O7. The van der Waals surface area contributed by atoms with Gasteiger partial charge < -0.3 is 24.1 Å². The third kappa shape index (κ3) is 4.27. The van der Waals surface area contributed by atoms with Gasteiger partial charge in [-0.3, -0.25) is 4.79 Å². The third-order valence-corrected chi connectivity index (χ3v) is 5.54. The number of aliphatic hydroxyl groups is 1. The Hall–Kier alpha value is -2.96. The van der Waals surface area contributed by atoms with E-state index < -0.39 is 29.4 Å². The molecule has 0 fully saturated rings. The van der Waals surface area contributed by atoms with Gasteiger partial charge in [0.2, 0.25) is 0 Å². The van der Waals surface area contributed by atoms with Gasteiger partial charge in [-0.05, 0) is 52.3 Å². The summed E-state index contributed by atoms with van der Waals surface area (Å²) in [6.07, 6.45) is 2.07. The Morgan fingerprint density at radius 2 is 1.87 bits per heavy atom. The number of hydrogen-bond donors (Lipinski definition) is 1. The second-order valence-electron chi connectivity index (χ2n) is 8.37. The Kier molecular flexibility index (Phi) is 6.34. The van der Waals surface area contributed by atoms with E-state index in [4.69, 9.17) is 18.9 Å². The summed E-state index contributed by atoms with van der Waals surface area (Å²) in [7, 11) is 1.54. The molecule has 1 N–H and O–H groups in total. The smallest absolute Gasteiger partial charge is 0.338 e. The summed E-state index contributed by atoms with van der Waals surface area (Å²) in [5.74, 6) is -1.75. The first-order valence-corrected chi connectivity index (χ1v) is 10.5. The number of carbonyl (C=O) groups excluding carboxylic acids is 2. The summed E-state index contributed by atoms with van der Waals surface area (Å²) in [5.41, 5.74) is 1.80. The van der Waals surface area contributed by atoms with Crippen LogP contribution in [-0.2, 0) is 25.5 Å². The zero-order valence-corrected chi connectivity index (χ0v) is 18.9. The first-order chi connectivity index (χ1) is 14.6. The van der Waals surface area contributed by atoms with Gasteiger partial charge in [0.15, 0.2) is 11.5 Å². The van der Waals surface area contributed by atoms with Crippen molar-refractivity contribution in [2.45, 2.75) is 52.6 Å². The van der Waals surface area contributed by atoms with E-state index in [1.807, 2.05) is 19.9 Å². The molecule has 168 valence electrons. The zero-order valence-electron chi connectivity index (χ0n) is 18.9. The van der Waals surface area contributed by atoms with Gasteiger partial charge in [0.1, 0.15) is 11.4 Å². The summed E-state index contributed by atoms with van der Waals surface area (Å²) >= 11 is 0. The zero-order chi connectivity index (χ0) is 22.9. The molecule has 2 unspecified atom stereocenters. The first-order valence-electron chi connectivity index (χ1n) is 10.5. The van der Waals surface area contributed by atoms with Crippen LogP contribution in [0.4, 0.5) is 0 Å². The van der Waals surface area contributed by atoms with Crippen LogP contribution in [0.2, 0.25) is 0 Å². The van der Waals surface area contributed by atoms with Gasteiger partial charge in [0.25, 0.3) is 0 Å². The molecule has 2 atom stereocenters. The van der Waals surface area contributed by atoms with Crippen molar-refractivity contribution in [1.29, 1.82) is 0 Å². The molecule has 0 spiro atoms. The SMILES string of the molecule is CCOC(=O)C1=C(O)C=C(C)C(C(=O)OCC)C1c1cc2c(c(OC)c1)OC(C)(C)C2. The fourth-order valence-electron chi connectivity index (χ4n) is 4.36. The molecule has 7 nitrogen and oxygen atoms in total. The highest BCUT2D eigenvalue weighted by Gasteiger charge is 2.43. The average molecular weight is 430 g/mol. The van der Waals surface area contributed by atoms with Gasteiger partial charge in [0, 0.05) is 17.9 Å². The van der Waals surface area contributed by atoms with Crippen LogP contribution in [0.3, 0.4) is 0 Å². The number of allylic oxidation sites excluding steroid dienone is 1. The Bertz CT molecular complexity index is 955. The van der Waals surface area contributed by atoms with E-state index in [-0.39, 0.29) is 24.5 Å². The lowest BCUT2D eigenvalue weighted by Crippen LogP contribution is -2.33. The summed E-state index contributed by atoms with van der Waals surface area (Å²) in [4.78, 5) is 25.8. The van der Waals surface area contributed by atoms with Crippen molar-refractivity contribution in [3.63, 3.8) is 0 Å². The number of methoxy groups -OCH3 is 1. The highest BCUT2D eigenvalue weighted by atomic mass is 16.5. The Morgan fingerprint density at radius 3 is 2.48 bits per heavy atom. The molecule has 7 heteroatoms. The van der Waals surface area contributed by atoms with Crippen molar-refractivity contribution >= 4 is 11.9 Å². The molecule has 0 amide bonds. The molecule has 1 aliphatic carbocycles. The molecule has 1 aromatic carbocycles. The minimum absolute atomic E-state index is 0.0330. The van der Waals surface area contributed by atoms with E-state index >= 15 is 0 Å². The summed E-state index contributed by atoms with van der Waals surface area (Å²) in [5, 5.41) is 10.7. The van der Waals surface area contributed by atoms with Crippen molar-refractivity contribution in [3.05, 3.63) is 46.2 Å². The van der Waals surface area contributed by atoms with Crippen LogP contribution in [-0.4, -0.2) is 43.0 Å². The maximum Gasteiger partial charge on any atom is 0.338 e. The predicted octanol–water partition coefficient (Wildman–Crippen LogP) is 4.01. The van der Waals surface area contributed by atoms with Crippen LogP contribution in [0.5, 0.6) is 11.5 Å². The second-order valence-corrected chi connectivity index (χ2v) is 8.37. The highest BCUT2D eigenvalue weighted by molar-refractivity contribution is 5.94. The molecule has 0 radical (unpaired) electrons. The maximum atomic E-state index is 12.9. The normalized spacial score (nSPS) is 21.7. The predicted molar refractivity (Wildman–Crippen MR) is 114 cm³/mol. The molecule has 0 saturated heterocycles. The average Bonchev–Trinajstić information content (AvgIpc) is 3.00. The van der Waals surface area contributed by atoms with Crippen molar-refractivity contribution in [1.82, 2.24) is 0 Å². The number of hydrogen-bond acceptors (Lipinski definition) is 7. The summed E-state index contributed by atoms with van der Waals surface area (Å²) in [6.45, 7) is 9.47. The van der Waals surface area contributed by atoms with Crippen LogP contribution in [0.1, 0.15) is 51.7 Å². The largest absolute Gasteiger partial charge is 0.507 e. The molecule has 1 aromatic rings. The molecule has 2 aliphatic rings. The Balaban J connectivity index is 2.21. The molecular weight excluding hydrogens is 400 g/mol. The van der Waals surface area contributed by atoms with Crippen LogP contribution in [0.15, 0.2) is 35.1 Å². The lowest BCUT2D eigenvalue weighted by atomic mass is 9.72. The number of ether oxygens (including phenoxy) is 4. The fourth-order valence-corrected chi connectivity index (χ4v) is 4.36. The number of benzene rings is 1. The van der Waals surface area contributed by atoms with Gasteiger partial charge in [-0.2, -0.15) is 0 Å². The molecule has 1 aliphatic heterocycles. The van der Waals surface area contributed by atoms with E-state index in [0.717, 1.165) is 5.56 Å². The maximum absolute atomic E-state index is 12.9. The molecule has 0 aromatic heterocycles. The number of carbonyl (C=O) groups is 2. The van der Waals surface area contributed by atoms with Crippen molar-refractivity contribution < 1.29 is 33.6 Å². The van der Waals surface area contributed by atoms with Gasteiger partial charge in [-0.25, -0.2) is 4.79 Å². The van der Waals surface area contributed by atoms with E-state index in [2.05, 4.69) is 0 Å². The highest BCUT2D eigenvalue weighted by Crippen LogP contribution is 2.48. The topological polar surface area (TPSA) is 91.3 Å². The number of aliphatic hydroxyl groups excluding tert-OH is 1. The lowest BCUT2D eigenvalue weighted by Gasteiger charge is -2.32. The minimum atomic E-state index is -0.786. The number of esters is 2. The monoisotopic (exact) mass is 430 g/mol. The fraction of sp³-hybridized carbons (Fsp3) is 0.500. The van der Waals surface area contributed by atoms with Crippen LogP contribution in [0.25, 0.3) is 0 Å². The molecule has 31 heavy (non-hydrogen) atoms. The van der Waals surface area contributed by atoms with E-state index in [9.17, 15) is 14.7 Å². The Morgan fingerprint density at radius 1 is 1.19 bits per heavy atom. The van der Waals surface area contributed by atoms with Gasteiger partial charge in [-0.1, -0.05) is 11.6 Å². The quantitative estimate of drug-likeness (QED) is 0.682. The Labute approximate surface area is 182 Å². The van der Waals surface area contributed by atoms with Gasteiger partial charge >= 0.3 is 11.9 Å². The lowest BCUT2D eigenvalue weighted by molar-refractivity contribution is -0.147. The molecule has 3 rings (SSSR count). The summed E-state index contributed by atoms with van der Waals surface area (Å²) < 4.78 is 22.1. The number of rotatable bonds is 6.